The molecule has 12 heteroatoms. The Morgan fingerprint density at radius 1 is 1.05 bits per heavy atom. The Labute approximate surface area is 255 Å². The number of rotatable bonds is 5. The van der Waals surface area contributed by atoms with Crippen molar-refractivity contribution in [3.05, 3.63) is 71.3 Å². The van der Waals surface area contributed by atoms with Gasteiger partial charge in [0.2, 0.25) is 17.7 Å². The van der Waals surface area contributed by atoms with Crippen molar-refractivity contribution in [2.75, 3.05) is 26.7 Å². The zero-order chi connectivity index (χ0) is 32.4. The monoisotopic (exact) mass is 618 g/mol. The van der Waals surface area contributed by atoms with Gasteiger partial charge in [-0.15, -0.1) is 0 Å². The fourth-order valence-corrected chi connectivity index (χ4v) is 4.97. The van der Waals surface area contributed by atoms with Crippen LogP contribution < -0.4 is 20.7 Å². The molecule has 2 aromatic carbocycles. The van der Waals surface area contributed by atoms with Crippen molar-refractivity contribution in [2.24, 2.45) is 5.92 Å². The lowest BCUT2D eigenvalue weighted by Gasteiger charge is -2.35. The fraction of sp³-hybridized carbons (Fsp3) is 0.469. The highest BCUT2D eigenvalue weighted by Crippen LogP contribution is 2.29. The molecule has 2 aromatic rings. The zero-order valence-electron chi connectivity index (χ0n) is 25.4. The van der Waals surface area contributed by atoms with E-state index >= 15 is 0 Å². The van der Waals surface area contributed by atoms with Crippen molar-refractivity contribution < 1.29 is 37.4 Å². The van der Waals surface area contributed by atoms with Crippen molar-refractivity contribution in [3.8, 4) is 5.75 Å². The number of benzene rings is 2. The molecule has 9 nitrogen and oxygen atoms in total. The predicted molar refractivity (Wildman–Crippen MR) is 161 cm³/mol. The minimum absolute atomic E-state index is 0.0862. The molecule has 3 amide bonds. The molecule has 3 rings (SSSR count). The number of para-hydroxylation sites is 1. The molecule has 0 saturated heterocycles. The minimum atomic E-state index is -4.52. The largest absolute Gasteiger partial charge is 0.492 e. The van der Waals surface area contributed by atoms with E-state index in [1.54, 1.807) is 12.2 Å². The molecule has 1 aliphatic heterocycles. The van der Waals surface area contributed by atoms with Gasteiger partial charge in [0.15, 0.2) is 0 Å². The number of carbonyl (C=O) groups is 3. The molecule has 0 aliphatic carbocycles. The van der Waals surface area contributed by atoms with Crippen molar-refractivity contribution >= 4 is 23.8 Å². The summed E-state index contributed by atoms with van der Waals surface area (Å²) in [5.74, 6) is -1.30. The van der Waals surface area contributed by atoms with Gasteiger partial charge in [-0.3, -0.25) is 14.4 Å². The Hall–Kier alpha value is -3.90. The summed E-state index contributed by atoms with van der Waals surface area (Å²) in [7, 11) is 1.41. The Balaban J connectivity index is 1.97. The summed E-state index contributed by atoms with van der Waals surface area (Å²) in [5, 5.41) is 19.2. The Morgan fingerprint density at radius 3 is 2.36 bits per heavy atom. The first-order valence-corrected chi connectivity index (χ1v) is 14.6. The number of aliphatic hydroxyl groups is 1. The van der Waals surface area contributed by atoms with Crippen molar-refractivity contribution in [2.45, 2.75) is 64.0 Å². The summed E-state index contributed by atoms with van der Waals surface area (Å²) in [6, 6.07) is 8.39. The number of nitrogens with one attached hydrogen (secondary N) is 3. The number of hydrogen-bond donors (Lipinski definition) is 4. The summed E-state index contributed by atoms with van der Waals surface area (Å²) in [5.41, 5.74) is 0.306. The standard InChI is InChI=1S/C32H41F3N4O5/c1-5-20(2)27-31(43)39(4)28(21(3)40)30(42)38-25(19-22-12-14-24(15-13-22)32(33,34)35)29(41)37-16-8-10-23-9-6-7-11-26(23)44-18-17-36-27/h6-15,20-21,25,27-28,36,40H,5,16-19H2,1-4H3,(H,37,41)(H,38,42)/t20?,21?,25-,27+,28+/m1/s1. The van der Waals surface area contributed by atoms with Crippen LogP contribution in [0.15, 0.2) is 54.6 Å². The number of nitrogens with zero attached hydrogens (tertiary/aromatic N) is 1. The lowest BCUT2D eigenvalue weighted by Crippen LogP contribution is -2.61. The van der Waals surface area contributed by atoms with Gasteiger partial charge in [-0.05, 0) is 36.6 Å². The quantitative estimate of drug-likeness (QED) is 0.409. The van der Waals surface area contributed by atoms with Crippen LogP contribution in [0.3, 0.4) is 0 Å². The van der Waals surface area contributed by atoms with E-state index in [4.69, 9.17) is 4.74 Å². The van der Waals surface area contributed by atoms with Crippen LogP contribution in [0, 0.1) is 5.92 Å². The first kappa shape index (κ1) is 34.6. The normalized spacial score (nSPS) is 22.5. The van der Waals surface area contributed by atoms with E-state index < -0.39 is 53.7 Å². The second-order valence-corrected chi connectivity index (χ2v) is 10.9. The van der Waals surface area contributed by atoms with Crippen LogP contribution in [-0.2, 0) is 27.0 Å². The summed E-state index contributed by atoms with van der Waals surface area (Å²) >= 11 is 0. The van der Waals surface area contributed by atoms with Gasteiger partial charge in [0.1, 0.15) is 24.4 Å². The van der Waals surface area contributed by atoms with Gasteiger partial charge < -0.3 is 30.7 Å². The Kier molecular flexibility index (Phi) is 12.4. The van der Waals surface area contributed by atoms with Crippen LogP contribution in [0.25, 0.3) is 6.08 Å². The van der Waals surface area contributed by atoms with E-state index in [0.29, 0.717) is 24.3 Å². The Bertz CT molecular complexity index is 1300. The number of amides is 3. The third-order valence-corrected chi connectivity index (χ3v) is 7.66. The molecule has 0 spiro atoms. The molecule has 0 saturated carbocycles. The number of likely N-dealkylation sites (N-methyl/N-ethyl adjacent to an activating group) is 1. The van der Waals surface area contributed by atoms with Crippen LogP contribution in [0.2, 0.25) is 0 Å². The van der Waals surface area contributed by atoms with Crippen molar-refractivity contribution in [1.82, 2.24) is 20.9 Å². The van der Waals surface area contributed by atoms with E-state index in [0.717, 1.165) is 17.7 Å². The number of hydrogen-bond acceptors (Lipinski definition) is 6. The highest BCUT2D eigenvalue weighted by Gasteiger charge is 2.37. The van der Waals surface area contributed by atoms with E-state index in [1.165, 1.54) is 31.0 Å². The number of fused-ring (bicyclic) bond motifs is 1. The second-order valence-electron chi connectivity index (χ2n) is 10.9. The van der Waals surface area contributed by atoms with Crippen LogP contribution in [0.5, 0.6) is 5.75 Å². The van der Waals surface area contributed by atoms with Gasteiger partial charge in [-0.25, -0.2) is 0 Å². The van der Waals surface area contributed by atoms with Crippen molar-refractivity contribution in [3.63, 3.8) is 0 Å². The number of alkyl halides is 3. The summed E-state index contributed by atoms with van der Waals surface area (Å²) in [4.78, 5) is 41.8. The van der Waals surface area contributed by atoms with Gasteiger partial charge in [-0.2, -0.15) is 13.2 Å². The topological polar surface area (TPSA) is 120 Å². The van der Waals surface area contributed by atoms with Crippen LogP contribution in [0.1, 0.15) is 43.9 Å². The molecule has 240 valence electrons. The highest BCUT2D eigenvalue weighted by atomic mass is 19.4. The van der Waals surface area contributed by atoms with E-state index in [2.05, 4.69) is 16.0 Å². The molecule has 0 bridgehead atoms. The van der Waals surface area contributed by atoms with Gasteiger partial charge in [0, 0.05) is 32.1 Å². The molecule has 0 aromatic heterocycles. The summed E-state index contributed by atoms with van der Waals surface area (Å²) in [6.45, 7) is 5.89. The first-order chi connectivity index (χ1) is 20.8. The summed E-state index contributed by atoms with van der Waals surface area (Å²) in [6.07, 6.45) is -1.81. The van der Waals surface area contributed by atoms with Crippen LogP contribution >= 0.6 is 0 Å². The predicted octanol–water partition coefficient (Wildman–Crippen LogP) is 3.17. The molecule has 1 aliphatic rings. The zero-order valence-corrected chi connectivity index (χ0v) is 25.4. The van der Waals surface area contributed by atoms with E-state index in [-0.39, 0.29) is 25.5 Å². The maximum atomic E-state index is 13.7. The molecule has 44 heavy (non-hydrogen) atoms. The fourth-order valence-electron chi connectivity index (χ4n) is 4.97. The third kappa shape index (κ3) is 9.30. The van der Waals surface area contributed by atoms with Gasteiger partial charge in [0.05, 0.1) is 17.7 Å². The smallest absolute Gasteiger partial charge is 0.416 e. The van der Waals surface area contributed by atoms with E-state index in [9.17, 15) is 32.7 Å². The molecular weight excluding hydrogens is 577 g/mol. The molecule has 1 heterocycles. The number of ether oxygens (including phenoxy) is 1. The molecule has 4 N–H and O–H groups in total. The van der Waals surface area contributed by atoms with E-state index in [1.807, 2.05) is 38.1 Å². The molecule has 2 unspecified atom stereocenters. The molecular formula is C32H41F3N4O5. The summed E-state index contributed by atoms with van der Waals surface area (Å²) < 4.78 is 45.2. The van der Waals surface area contributed by atoms with Gasteiger partial charge >= 0.3 is 6.18 Å². The first-order valence-electron chi connectivity index (χ1n) is 14.6. The maximum absolute atomic E-state index is 13.7. The minimum Gasteiger partial charge on any atom is -0.492 e. The highest BCUT2D eigenvalue weighted by molar-refractivity contribution is 5.93. The second kappa shape index (κ2) is 15.7. The molecule has 0 fully saturated rings. The van der Waals surface area contributed by atoms with Crippen LogP contribution in [-0.4, -0.2) is 78.7 Å². The SMILES string of the molecule is CCC(C)[C@@H]1NCCOc2ccccc2C=CCNC(=O)[C@@H](Cc2ccc(C(F)(F)F)cc2)NC(=O)[C@H](C(C)O)N(C)C1=O. The van der Waals surface area contributed by atoms with Gasteiger partial charge in [-0.1, -0.05) is 62.8 Å². The van der Waals surface area contributed by atoms with Gasteiger partial charge in [0.25, 0.3) is 0 Å². The number of carbonyl (C=O) groups excluding carboxylic acids is 3. The Morgan fingerprint density at radius 2 is 1.73 bits per heavy atom. The molecule has 0 radical (unpaired) electrons. The maximum Gasteiger partial charge on any atom is 0.416 e. The van der Waals surface area contributed by atoms with Crippen molar-refractivity contribution in [1.29, 1.82) is 0 Å². The lowest BCUT2D eigenvalue weighted by atomic mass is 9.96. The molecule has 5 atom stereocenters. The number of halogens is 3. The average Bonchev–Trinajstić information content (AvgIpc) is 2.98. The average molecular weight is 619 g/mol. The third-order valence-electron chi connectivity index (χ3n) is 7.66. The number of aliphatic hydroxyl groups excluding tert-OH is 1. The lowest BCUT2D eigenvalue weighted by molar-refractivity contribution is -0.146. The van der Waals surface area contributed by atoms with Crippen LogP contribution in [0.4, 0.5) is 13.2 Å².